The summed E-state index contributed by atoms with van der Waals surface area (Å²) in [7, 11) is 0. The maximum atomic E-state index is 2.58. The van der Waals surface area contributed by atoms with Gasteiger partial charge in [-0.05, 0) is 143 Å². The summed E-state index contributed by atoms with van der Waals surface area (Å²) in [5.41, 5.74) is 15.0. The Morgan fingerprint density at radius 1 is 0.469 bits per heavy atom. The molecule has 0 bridgehead atoms. The van der Waals surface area contributed by atoms with Gasteiger partial charge >= 0.3 is 0 Å². The van der Waals surface area contributed by atoms with Crippen LogP contribution in [0.15, 0.2) is 230 Å². The topological polar surface area (TPSA) is 3.24 Å². The van der Waals surface area contributed by atoms with Crippen LogP contribution in [-0.4, -0.2) is 0 Å². The largest absolute Gasteiger partial charge is 0.311 e. The lowest BCUT2D eigenvalue weighted by molar-refractivity contribution is 0.768. The molecule has 0 fully saturated rings. The van der Waals surface area contributed by atoms with Crippen LogP contribution in [0, 0.1) is 0 Å². The van der Waals surface area contributed by atoms with Crippen molar-refractivity contribution in [2.75, 3.05) is 4.90 Å². The molecule has 0 heterocycles. The predicted molar refractivity (Wildman–Crippen MR) is 271 cm³/mol. The van der Waals surface area contributed by atoms with Gasteiger partial charge in [0, 0.05) is 17.3 Å². The average molecular weight is 816 g/mol. The normalized spacial score (nSPS) is 15.9. The van der Waals surface area contributed by atoms with E-state index in [1.165, 1.54) is 110 Å². The number of benzene rings is 10. The second-order valence-electron chi connectivity index (χ2n) is 17.8. The molecule has 3 aliphatic rings. The maximum Gasteiger partial charge on any atom is 0.0714 e. The van der Waals surface area contributed by atoms with E-state index in [0.29, 0.717) is 0 Å². The van der Waals surface area contributed by atoms with Gasteiger partial charge in [0.25, 0.3) is 0 Å². The smallest absolute Gasteiger partial charge is 0.0714 e. The van der Waals surface area contributed by atoms with E-state index in [1.54, 1.807) is 0 Å². The number of hydrogen-bond donors (Lipinski definition) is 0. The Morgan fingerprint density at radius 3 is 1.78 bits per heavy atom. The summed E-state index contributed by atoms with van der Waals surface area (Å²) in [6.45, 7) is 0. The van der Waals surface area contributed by atoms with Crippen LogP contribution in [0.2, 0.25) is 0 Å². The van der Waals surface area contributed by atoms with Gasteiger partial charge in [-0.2, -0.15) is 0 Å². The summed E-state index contributed by atoms with van der Waals surface area (Å²) < 4.78 is 0. The van der Waals surface area contributed by atoms with Crippen LogP contribution in [-0.2, 0) is 11.8 Å². The second-order valence-corrected chi connectivity index (χ2v) is 17.8. The molecule has 10 aromatic carbocycles. The van der Waals surface area contributed by atoms with Crippen LogP contribution in [0.3, 0.4) is 0 Å². The fraction of sp³-hybridized carbons (Fsp3) is 0.0794. The van der Waals surface area contributed by atoms with E-state index in [0.717, 1.165) is 19.3 Å². The van der Waals surface area contributed by atoms with Gasteiger partial charge in [-0.15, -0.1) is 0 Å². The molecule has 1 atom stereocenters. The zero-order chi connectivity index (χ0) is 42.2. The molecule has 1 heteroatoms. The van der Waals surface area contributed by atoms with Crippen LogP contribution in [0.4, 0.5) is 11.4 Å². The quantitative estimate of drug-likeness (QED) is 0.151. The van der Waals surface area contributed by atoms with E-state index < -0.39 is 5.41 Å². The molecule has 0 aliphatic heterocycles. The number of allylic oxidation sites excluding steroid dienone is 4. The first-order valence-corrected chi connectivity index (χ1v) is 22.8. The molecule has 10 aromatic rings. The summed E-state index contributed by atoms with van der Waals surface area (Å²) in [5, 5.41) is 10.5. The highest BCUT2D eigenvalue weighted by Gasteiger charge is 2.46. The van der Waals surface area contributed by atoms with Crippen LogP contribution >= 0.6 is 0 Å². The molecule has 0 spiro atoms. The van der Waals surface area contributed by atoms with Crippen molar-refractivity contribution >= 4 is 60.5 Å². The number of nitrogens with zero attached hydrogens (tertiary/aromatic N) is 1. The SMILES string of the molecule is C1=Cc2c(c(N(C3=CCC(c4ccc5c6ccccc6c6ccccc6c5c4)C=C3)c3ccc4c(c3)C(c3ccccc3)(c3ccccc3)c3ccccc3-4)cc3ccccc23)CC1. The molecular weight excluding hydrogens is 771 g/mol. The highest BCUT2D eigenvalue weighted by molar-refractivity contribution is 6.25. The van der Waals surface area contributed by atoms with Crippen molar-refractivity contribution < 1.29 is 0 Å². The number of rotatable bonds is 6. The molecule has 3 aliphatic carbocycles. The molecule has 64 heavy (non-hydrogen) atoms. The van der Waals surface area contributed by atoms with Gasteiger partial charge in [0.1, 0.15) is 0 Å². The lowest BCUT2D eigenvalue weighted by atomic mass is 9.67. The summed E-state index contributed by atoms with van der Waals surface area (Å²) in [4.78, 5) is 2.58. The van der Waals surface area contributed by atoms with Gasteiger partial charge in [-0.1, -0.05) is 200 Å². The minimum Gasteiger partial charge on any atom is -0.311 e. The van der Waals surface area contributed by atoms with Crippen molar-refractivity contribution in [1.82, 2.24) is 0 Å². The Bertz CT molecular complexity index is 3510. The monoisotopic (exact) mass is 815 g/mol. The lowest BCUT2D eigenvalue weighted by Crippen LogP contribution is -2.29. The molecule has 0 saturated carbocycles. The third-order valence-electron chi connectivity index (χ3n) is 14.5. The zero-order valence-electron chi connectivity index (χ0n) is 35.6. The first-order chi connectivity index (χ1) is 31.8. The minimum absolute atomic E-state index is 0.256. The highest BCUT2D eigenvalue weighted by atomic mass is 15.2. The van der Waals surface area contributed by atoms with E-state index in [-0.39, 0.29) is 5.92 Å². The minimum atomic E-state index is -0.491. The van der Waals surface area contributed by atoms with Gasteiger partial charge in [0.05, 0.1) is 11.1 Å². The van der Waals surface area contributed by atoms with E-state index in [1.807, 2.05) is 0 Å². The van der Waals surface area contributed by atoms with Gasteiger partial charge in [0.2, 0.25) is 0 Å². The molecule has 0 N–H and O–H groups in total. The van der Waals surface area contributed by atoms with E-state index >= 15 is 0 Å². The third-order valence-corrected chi connectivity index (χ3v) is 14.5. The van der Waals surface area contributed by atoms with Crippen molar-refractivity contribution in [3.8, 4) is 11.1 Å². The first-order valence-electron chi connectivity index (χ1n) is 22.8. The van der Waals surface area contributed by atoms with Crippen molar-refractivity contribution in [1.29, 1.82) is 0 Å². The molecule has 1 unspecified atom stereocenters. The summed E-state index contributed by atoms with van der Waals surface area (Å²) >= 11 is 0. The molecule has 1 nitrogen and oxygen atoms in total. The molecule has 0 saturated heterocycles. The maximum absolute atomic E-state index is 2.58. The molecule has 0 radical (unpaired) electrons. The van der Waals surface area contributed by atoms with Crippen molar-refractivity contribution in [3.63, 3.8) is 0 Å². The van der Waals surface area contributed by atoms with Crippen LogP contribution in [0.25, 0.3) is 60.3 Å². The highest BCUT2D eigenvalue weighted by Crippen LogP contribution is 2.57. The summed E-state index contributed by atoms with van der Waals surface area (Å²) in [6.07, 6.45) is 15.0. The summed E-state index contributed by atoms with van der Waals surface area (Å²) in [5.74, 6) is 0.256. The fourth-order valence-corrected chi connectivity index (χ4v) is 11.7. The second kappa shape index (κ2) is 14.7. The van der Waals surface area contributed by atoms with E-state index in [4.69, 9.17) is 0 Å². The van der Waals surface area contributed by atoms with Crippen LogP contribution in [0.1, 0.15) is 57.7 Å². The standard InChI is InChI=1S/C63H45N/c1-3-18-45(19-4-1)63(46-20-5-2-6-21-46)60-30-16-15-28-56(60)57-38-36-48(41-61(57)63)64(62-40-44-17-7-8-22-49(44)50-23-13-14-29-58(50)62)47-34-31-42(32-35-47)43-33-37-55-53-26-10-9-24-51(53)52-25-11-12-27-54(52)59(55)39-43/h1-13,15-28,30-31,33-42H,14,29,32H2. The molecule has 302 valence electrons. The molecule has 13 rings (SSSR count). The Labute approximate surface area is 374 Å². The Kier molecular flexibility index (Phi) is 8.46. The lowest BCUT2D eigenvalue weighted by Gasteiger charge is -2.36. The Balaban J connectivity index is 0.998. The summed E-state index contributed by atoms with van der Waals surface area (Å²) in [6, 6.07) is 75.0. The van der Waals surface area contributed by atoms with E-state index in [9.17, 15) is 0 Å². The number of anilines is 2. The van der Waals surface area contributed by atoms with Gasteiger partial charge in [0.15, 0.2) is 0 Å². The van der Waals surface area contributed by atoms with Gasteiger partial charge in [-0.25, -0.2) is 0 Å². The van der Waals surface area contributed by atoms with Crippen molar-refractivity contribution in [2.45, 2.75) is 30.6 Å². The number of fused-ring (bicyclic) bond motifs is 12. The third kappa shape index (κ3) is 5.50. The van der Waals surface area contributed by atoms with Gasteiger partial charge < -0.3 is 4.90 Å². The Hall–Kier alpha value is -7.74. The van der Waals surface area contributed by atoms with Crippen molar-refractivity contribution in [3.05, 3.63) is 269 Å². The molecule has 0 amide bonds. The fourth-order valence-electron chi connectivity index (χ4n) is 11.7. The molecular formula is C63H45N. The van der Waals surface area contributed by atoms with Gasteiger partial charge in [-0.3, -0.25) is 0 Å². The number of hydrogen-bond acceptors (Lipinski definition) is 1. The first kappa shape index (κ1) is 36.9. The van der Waals surface area contributed by atoms with Crippen molar-refractivity contribution in [2.24, 2.45) is 0 Å². The van der Waals surface area contributed by atoms with E-state index in [2.05, 4.69) is 235 Å². The average Bonchev–Trinajstić information content (AvgIpc) is 3.67. The zero-order valence-corrected chi connectivity index (χ0v) is 35.6. The van der Waals surface area contributed by atoms with Crippen LogP contribution < -0.4 is 4.90 Å². The van der Waals surface area contributed by atoms with Crippen LogP contribution in [0.5, 0.6) is 0 Å². The molecule has 0 aromatic heterocycles. The Morgan fingerprint density at radius 2 is 1.08 bits per heavy atom. The predicted octanol–water partition coefficient (Wildman–Crippen LogP) is 16.4.